The molecular formula is C24H31N3O3. The molecule has 0 saturated carbocycles. The van der Waals surface area contributed by atoms with Gasteiger partial charge in [-0.05, 0) is 59.5 Å². The van der Waals surface area contributed by atoms with E-state index in [1.54, 1.807) is 30.3 Å². The number of anilines is 3. The Morgan fingerprint density at radius 2 is 1.07 bits per heavy atom. The van der Waals surface area contributed by atoms with Gasteiger partial charge in [-0.15, -0.1) is 0 Å². The number of aromatic hydroxyl groups is 3. The third-order valence-corrected chi connectivity index (χ3v) is 5.13. The predicted octanol–water partition coefficient (Wildman–Crippen LogP) is 4.52. The van der Waals surface area contributed by atoms with E-state index in [1.807, 2.05) is 38.1 Å². The lowest BCUT2D eigenvalue weighted by atomic mass is 9.78. The van der Waals surface area contributed by atoms with Gasteiger partial charge in [0, 0.05) is 5.41 Å². The summed E-state index contributed by atoms with van der Waals surface area (Å²) in [5.74, 6) is 0.319. The van der Waals surface area contributed by atoms with Gasteiger partial charge in [0.05, 0.1) is 17.1 Å². The van der Waals surface area contributed by atoms with Gasteiger partial charge in [-0.2, -0.15) is 0 Å². The summed E-state index contributed by atoms with van der Waals surface area (Å²) < 4.78 is 0. The van der Waals surface area contributed by atoms with Crippen molar-refractivity contribution in [2.75, 3.05) is 17.2 Å². The summed E-state index contributed by atoms with van der Waals surface area (Å²) in [6.07, 6.45) is 2.12. The van der Waals surface area contributed by atoms with E-state index in [4.69, 9.17) is 22.3 Å². The van der Waals surface area contributed by atoms with Crippen LogP contribution in [0.4, 0.5) is 17.1 Å². The second-order valence-corrected chi connectivity index (χ2v) is 7.82. The average molecular weight is 410 g/mol. The fourth-order valence-electron chi connectivity index (χ4n) is 3.10. The highest BCUT2D eigenvalue weighted by molar-refractivity contribution is 5.59. The second kappa shape index (κ2) is 9.31. The van der Waals surface area contributed by atoms with Crippen molar-refractivity contribution in [2.45, 2.75) is 39.0 Å². The van der Waals surface area contributed by atoms with Crippen molar-refractivity contribution < 1.29 is 15.3 Å². The lowest BCUT2D eigenvalue weighted by Crippen LogP contribution is -2.19. The summed E-state index contributed by atoms with van der Waals surface area (Å²) in [5.41, 5.74) is 20.9. The van der Waals surface area contributed by atoms with Gasteiger partial charge in [0.15, 0.2) is 0 Å². The fraction of sp³-hybridized carbons (Fsp3) is 0.250. The average Bonchev–Trinajstić information content (AvgIpc) is 2.69. The Kier molecular flexibility index (Phi) is 7.06. The van der Waals surface area contributed by atoms with E-state index >= 15 is 0 Å². The predicted molar refractivity (Wildman–Crippen MR) is 124 cm³/mol. The van der Waals surface area contributed by atoms with E-state index in [0.717, 1.165) is 24.0 Å². The lowest BCUT2D eigenvalue weighted by molar-refractivity contribution is 0.476. The zero-order valence-electron chi connectivity index (χ0n) is 17.7. The highest BCUT2D eigenvalue weighted by atomic mass is 16.3. The number of aryl methyl sites for hydroxylation is 1. The molecular weight excluding hydrogens is 378 g/mol. The summed E-state index contributed by atoms with van der Waals surface area (Å²) in [5, 5.41) is 28.1. The van der Waals surface area contributed by atoms with Crippen molar-refractivity contribution in [3.8, 4) is 17.2 Å². The highest BCUT2D eigenvalue weighted by Gasteiger charge is 2.24. The molecule has 160 valence electrons. The normalized spacial score (nSPS) is 10.9. The molecule has 30 heavy (non-hydrogen) atoms. The van der Waals surface area contributed by atoms with Gasteiger partial charge in [0.1, 0.15) is 17.2 Å². The van der Waals surface area contributed by atoms with Crippen molar-refractivity contribution in [3.05, 3.63) is 71.3 Å². The fourth-order valence-corrected chi connectivity index (χ4v) is 3.10. The molecule has 9 N–H and O–H groups in total. The molecule has 0 radical (unpaired) electrons. The number of phenols is 3. The molecule has 0 unspecified atom stereocenters. The Morgan fingerprint density at radius 1 is 0.667 bits per heavy atom. The first kappa shape index (κ1) is 22.7. The maximum Gasteiger partial charge on any atom is 0.138 e. The zero-order chi connectivity index (χ0) is 22.5. The third kappa shape index (κ3) is 5.29. The molecule has 0 amide bonds. The molecule has 0 atom stereocenters. The molecule has 0 aliphatic rings. The van der Waals surface area contributed by atoms with Gasteiger partial charge in [0.25, 0.3) is 0 Å². The van der Waals surface area contributed by atoms with Crippen molar-refractivity contribution in [1.82, 2.24) is 0 Å². The molecule has 3 rings (SSSR count). The molecule has 3 aromatic carbocycles. The van der Waals surface area contributed by atoms with Crippen LogP contribution in [0.15, 0.2) is 54.6 Å². The van der Waals surface area contributed by atoms with Crippen LogP contribution in [0.2, 0.25) is 0 Å². The van der Waals surface area contributed by atoms with Crippen LogP contribution in [0.5, 0.6) is 17.2 Å². The van der Waals surface area contributed by atoms with Gasteiger partial charge < -0.3 is 32.5 Å². The largest absolute Gasteiger partial charge is 0.506 e. The van der Waals surface area contributed by atoms with Crippen molar-refractivity contribution in [2.24, 2.45) is 0 Å². The molecule has 0 spiro atoms. The Morgan fingerprint density at radius 3 is 1.43 bits per heavy atom. The van der Waals surface area contributed by atoms with Crippen LogP contribution in [0.3, 0.4) is 0 Å². The monoisotopic (exact) mass is 409 g/mol. The number of hydrogen-bond acceptors (Lipinski definition) is 6. The molecule has 0 heterocycles. The van der Waals surface area contributed by atoms with Crippen LogP contribution < -0.4 is 17.2 Å². The first-order valence-corrected chi connectivity index (χ1v) is 9.81. The number of benzene rings is 3. The van der Waals surface area contributed by atoms with Gasteiger partial charge in [0.2, 0.25) is 0 Å². The molecule has 0 aliphatic heterocycles. The maximum absolute atomic E-state index is 9.48. The number of nitrogens with two attached hydrogens (primary N) is 3. The van der Waals surface area contributed by atoms with Crippen molar-refractivity contribution >= 4 is 17.1 Å². The summed E-state index contributed by atoms with van der Waals surface area (Å²) in [4.78, 5) is 0. The van der Waals surface area contributed by atoms with Gasteiger partial charge in [-0.25, -0.2) is 0 Å². The van der Waals surface area contributed by atoms with E-state index in [2.05, 4.69) is 6.92 Å². The molecule has 0 saturated heterocycles. The zero-order valence-corrected chi connectivity index (χ0v) is 17.7. The second-order valence-electron chi connectivity index (χ2n) is 7.82. The van der Waals surface area contributed by atoms with Crippen LogP contribution in [-0.2, 0) is 11.8 Å². The molecule has 6 nitrogen and oxygen atoms in total. The summed E-state index contributed by atoms with van der Waals surface area (Å²) in [6, 6.07) is 15.7. The van der Waals surface area contributed by atoms with Crippen LogP contribution in [0.1, 0.15) is 43.9 Å². The Bertz CT molecular complexity index is 963. The van der Waals surface area contributed by atoms with E-state index < -0.39 is 0 Å². The first-order valence-electron chi connectivity index (χ1n) is 9.81. The summed E-state index contributed by atoms with van der Waals surface area (Å²) in [7, 11) is 0. The number of nitrogen functional groups attached to an aromatic ring is 3. The molecule has 0 aromatic heterocycles. The highest BCUT2D eigenvalue weighted by Crippen LogP contribution is 2.36. The minimum atomic E-state index is -0.330. The quantitative estimate of drug-likeness (QED) is 0.277. The minimum absolute atomic E-state index is 0.0739. The van der Waals surface area contributed by atoms with Crippen LogP contribution in [0.25, 0.3) is 0 Å². The molecule has 0 aliphatic carbocycles. The number of hydrogen-bond donors (Lipinski definition) is 6. The maximum atomic E-state index is 9.48. The van der Waals surface area contributed by atoms with Crippen LogP contribution in [-0.4, -0.2) is 15.3 Å². The van der Waals surface area contributed by atoms with E-state index in [0.29, 0.717) is 17.1 Å². The topological polar surface area (TPSA) is 139 Å². The molecule has 3 aromatic rings. The number of rotatable bonds is 4. The van der Waals surface area contributed by atoms with Gasteiger partial charge in [-0.1, -0.05) is 45.4 Å². The Hall–Kier alpha value is -3.54. The van der Waals surface area contributed by atoms with Crippen molar-refractivity contribution in [3.63, 3.8) is 0 Å². The van der Waals surface area contributed by atoms with E-state index in [-0.39, 0.29) is 22.7 Å². The Labute approximate surface area is 177 Å². The Balaban J connectivity index is 0.000000248. The first-order chi connectivity index (χ1) is 14.1. The SMILES string of the molecule is CC(C)(c1ccc(O)c(N)c1)c1ccc(O)c(N)c1.CCCc1ccc(O)c(N)c1. The molecule has 0 bridgehead atoms. The smallest absolute Gasteiger partial charge is 0.138 e. The minimum Gasteiger partial charge on any atom is -0.506 e. The molecule has 0 fully saturated rings. The summed E-state index contributed by atoms with van der Waals surface area (Å²) >= 11 is 0. The standard InChI is InChI=1S/C15H18N2O2.C9H13NO/c1-15(2,9-3-5-13(18)11(16)7-9)10-4-6-14(19)12(17)8-10;1-2-3-7-4-5-9(11)8(10)6-7/h3-8,18-19H,16-17H2,1-2H3;4-6,11H,2-3,10H2,1H3. The molecule has 6 heteroatoms. The lowest BCUT2D eigenvalue weighted by Gasteiger charge is -2.27. The number of phenolic OH excluding ortho intramolecular Hbond substituents is 3. The van der Waals surface area contributed by atoms with Crippen molar-refractivity contribution in [1.29, 1.82) is 0 Å². The third-order valence-electron chi connectivity index (χ3n) is 5.13. The van der Waals surface area contributed by atoms with E-state index in [9.17, 15) is 10.2 Å². The van der Waals surface area contributed by atoms with Crippen LogP contribution in [0, 0.1) is 0 Å². The van der Waals surface area contributed by atoms with Gasteiger partial charge in [-0.3, -0.25) is 0 Å². The van der Waals surface area contributed by atoms with E-state index in [1.165, 1.54) is 5.56 Å². The van der Waals surface area contributed by atoms with Gasteiger partial charge >= 0.3 is 0 Å². The van der Waals surface area contributed by atoms with Crippen LogP contribution >= 0.6 is 0 Å². The summed E-state index contributed by atoms with van der Waals surface area (Å²) in [6.45, 7) is 6.18.